The molecule has 0 atom stereocenters. The van der Waals surface area contributed by atoms with Gasteiger partial charge in [-0.25, -0.2) is 0 Å². The minimum atomic E-state index is -0.294. The van der Waals surface area contributed by atoms with Crippen molar-refractivity contribution in [3.63, 3.8) is 0 Å². The van der Waals surface area contributed by atoms with Crippen molar-refractivity contribution >= 4 is 5.71 Å². The van der Waals surface area contributed by atoms with E-state index < -0.39 is 0 Å². The molecule has 0 spiro atoms. The van der Waals surface area contributed by atoms with Gasteiger partial charge in [0, 0.05) is 18.9 Å². The quantitative estimate of drug-likeness (QED) is 0.460. The van der Waals surface area contributed by atoms with Gasteiger partial charge in [-0.2, -0.15) is 0 Å². The summed E-state index contributed by atoms with van der Waals surface area (Å²) >= 11 is 0. The van der Waals surface area contributed by atoms with Crippen LogP contribution in [0.5, 0.6) is 11.5 Å². The predicted octanol–water partition coefficient (Wildman–Crippen LogP) is 3.69. The number of nitrogens with zero attached hydrogens (tertiary/aromatic N) is 1. The van der Waals surface area contributed by atoms with Crippen molar-refractivity contribution in [1.29, 1.82) is 0 Å². The number of ether oxygens (including phenoxy) is 4. The number of benzene rings is 1. The van der Waals surface area contributed by atoms with E-state index in [0.29, 0.717) is 31.3 Å². The first-order valence-corrected chi connectivity index (χ1v) is 8.18. The smallest absolute Gasteiger partial charge is 0.176 e. The molecule has 0 saturated heterocycles. The second-order valence-corrected chi connectivity index (χ2v) is 4.95. The Hall–Kier alpha value is -1.59. The molecule has 0 heterocycles. The van der Waals surface area contributed by atoms with Gasteiger partial charge in [-0.1, -0.05) is 13.3 Å². The molecule has 5 nitrogen and oxygen atoms in total. The molecule has 130 valence electrons. The molecule has 1 rings (SSSR count). The molecule has 0 aliphatic heterocycles. The molecule has 0 radical (unpaired) electrons. The third-order valence-corrected chi connectivity index (χ3v) is 3.34. The highest BCUT2D eigenvalue weighted by atomic mass is 16.7. The van der Waals surface area contributed by atoms with E-state index in [1.165, 1.54) is 0 Å². The van der Waals surface area contributed by atoms with Crippen LogP contribution in [-0.4, -0.2) is 46.0 Å². The number of aliphatic imine (C=N–C) groups is 1. The van der Waals surface area contributed by atoms with E-state index >= 15 is 0 Å². The minimum Gasteiger partial charge on any atom is -0.493 e. The molecule has 0 saturated carbocycles. The van der Waals surface area contributed by atoms with Gasteiger partial charge in [-0.15, -0.1) is 0 Å². The van der Waals surface area contributed by atoms with Crippen LogP contribution in [0.3, 0.4) is 0 Å². The summed E-state index contributed by atoms with van der Waals surface area (Å²) in [6, 6.07) is 5.87. The second kappa shape index (κ2) is 11.0. The first-order valence-electron chi connectivity index (χ1n) is 8.18. The van der Waals surface area contributed by atoms with Crippen molar-refractivity contribution in [2.45, 2.75) is 39.9 Å². The summed E-state index contributed by atoms with van der Waals surface area (Å²) < 4.78 is 21.8. The molecule has 1 aromatic carbocycles. The molecule has 0 aliphatic rings. The van der Waals surface area contributed by atoms with Crippen molar-refractivity contribution in [1.82, 2.24) is 0 Å². The molecule has 5 heteroatoms. The normalized spacial score (nSPS) is 11.8. The minimum absolute atomic E-state index is 0.294. The average molecular weight is 323 g/mol. The zero-order valence-corrected chi connectivity index (χ0v) is 14.9. The Bertz CT molecular complexity index is 482. The fourth-order valence-electron chi connectivity index (χ4n) is 2.28. The van der Waals surface area contributed by atoms with Crippen LogP contribution in [0, 0.1) is 0 Å². The van der Waals surface area contributed by atoms with Crippen molar-refractivity contribution in [2.75, 3.05) is 34.0 Å². The summed E-state index contributed by atoms with van der Waals surface area (Å²) in [6.45, 7) is 7.76. The van der Waals surface area contributed by atoms with Crippen LogP contribution in [0.4, 0.5) is 0 Å². The fourth-order valence-corrected chi connectivity index (χ4v) is 2.28. The molecule has 23 heavy (non-hydrogen) atoms. The van der Waals surface area contributed by atoms with E-state index in [2.05, 4.69) is 6.92 Å². The summed E-state index contributed by atoms with van der Waals surface area (Å²) in [4.78, 5) is 4.72. The summed E-state index contributed by atoms with van der Waals surface area (Å²) in [6.07, 6.45) is 1.61. The molecule has 0 aromatic heterocycles. The maximum atomic E-state index is 5.55. The molecule has 0 bridgehead atoms. The lowest BCUT2D eigenvalue weighted by Crippen LogP contribution is -2.21. The van der Waals surface area contributed by atoms with Crippen molar-refractivity contribution < 1.29 is 18.9 Å². The van der Waals surface area contributed by atoms with Gasteiger partial charge < -0.3 is 18.9 Å². The van der Waals surface area contributed by atoms with Gasteiger partial charge in [0.25, 0.3) is 0 Å². The van der Waals surface area contributed by atoms with Gasteiger partial charge in [0.1, 0.15) is 0 Å². The molecule has 0 amide bonds. The van der Waals surface area contributed by atoms with Crippen LogP contribution in [0.25, 0.3) is 0 Å². The molecular formula is C18H29NO4. The fraction of sp³-hybridized carbons (Fsp3) is 0.611. The Balaban J connectivity index is 2.98. The topological polar surface area (TPSA) is 49.3 Å². The first kappa shape index (κ1) is 19.5. The molecule has 0 unspecified atom stereocenters. The van der Waals surface area contributed by atoms with Crippen molar-refractivity contribution in [3.8, 4) is 11.5 Å². The third kappa shape index (κ3) is 6.20. The highest BCUT2D eigenvalue weighted by molar-refractivity contribution is 6.01. The van der Waals surface area contributed by atoms with Crippen LogP contribution in [0.1, 0.15) is 39.2 Å². The molecule has 0 aliphatic carbocycles. The lowest BCUT2D eigenvalue weighted by Gasteiger charge is -2.16. The highest BCUT2D eigenvalue weighted by Crippen LogP contribution is 2.28. The molecule has 1 aromatic rings. The summed E-state index contributed by atoms with van der Waals surface area (Å²) in [5.41, 5.74) is 2.06. The van der Waals surface area contributed by atoms with Gasteiger partial charge >= 0.3 is 0 Å². The maximum Gasteiger partial charge on any atom is 0.176 e. The van der Waals surface area contributed by atoms with Gasteiger partial charge in [0.2, 0.25) is 0 Å². The van der Waals surface area contributed by atoms with E-state index in [9.17, 15) is 0 Å². The van der Waals surface area contributed by atoms with Crippen LogP contribution in [0.2, 0.25) is 0 Å². The number of methoxy groups -OCH3 is 2. The van der Waals surface area contributed by atoms with E-state index in [1.54, 1.807) is 14.2 Å². The number of hydrogen-bond acceptors (Lipinski definition) is 5. The van der Waals surface area contributed by atoms with Crippen molar-refractivity contribution in [3.05, 3.63) is 23.8 Å². The Kier molecular flexibility index (Phi) is 9.33. The SMILES string of the molecule is CCCC(=NCC(OCC)OCC)c1ccc(OC)c(OC)c1. The number of rotatable bonds is 11. The third-order valence-electron chi connectivity index (χ3n) is 3.34. The van der Waals surface area contributed by atoms with Crippen LogP contribution < -0.4 is 9.47 Å². The van der Waals surface area contributed by atoms with Crippen LogP contribution >= 0.6 is 0 Å². The zero-order chi connectivity index (χ0) is 17.1. The summed E-state index contributed by atoms with van der Waals surface area (Å²) in [5.74, 6) is 1.42. The van der Waals surface area contributed by atoms with Gasteiger partial charge in [0.15, 0.2) is 17.8 Å². The van der Waals surface area contributed by atoms with Gasteiger partial charge in [-0.05, 0) is 44.0 Å². The van der Waals surface area contributed by atoms with E-state index in [-0.39, 0.29) is 6.29 Å². The summed E-state index contributed by atoms with van der Waals surface area (Å²) in [7, 11) is 3.27. The molecule has 0 N–H and O–H groups in total. The first-order chi connectivity index (χ1) is 11.2. The van der Waals surface area contributed by atoms with Crippen molar-refractivity contribution in [2.24, 2.45) is 4.99 Å². The summed E-state index contributed by atoms with van der Waals surface area (Å²) in [5, 5.41) is 0. The molecule has 0 fully saturated rings. The average Bonchev–Trinajstić information content (AvgIpc) is 2.58. The number of hydrogen-bond donors (Lipinski definition) is 0. The lowest BCUT2D eigenvalue weighted by molar-refractivity contribution is -0.128. The lowest BCUT2D eigenvalue weighted by atomic mass is 10.1. The van der Waals surface area contributed by atoms with E-state index in [0.717, 1.165) is 24.1 Å². The Morgan fingerprint density at radius 1 is 1.00 bits per heavy atom. The van der Waals surface area contributed by atoms with Gasteiger partial charge in [0.05, 0.1) is 20.8 Å². The highest BCUT2D eigenvalue weighted by Gasteiger charge is 2.11. The maximum absolute atomic E-state index is 5.55. The predicted molar refractivity (Wildman–Crippen MR) is 92.9 cm³/mol. The zero-order valence-electron chi connectivity index (χ0n) is 14.9. The Morgan fingerprint density at radius 2 is 1.65 bits per heavy atom. The van der Waals surface area contributed by atoms with Crippen LogP contribution in [-0.2, 0) is 9.47 Å². The van der Waals surface area contributed by atoms with Crippen LogP contribution in [0.15, 0.2) is 23.2 Å². The van der Waals surface area contributed by atoms with Gasteiger partial charge in [-0.3, -0.25) is 4.99 Å². The Morgan fingerprint density at radius 3 is 2.17 bits per heavy atom. The standard InChI is InChI=1S/C18H29NO4/c1-6-9-15(19-13-18(22-7-2)23-8-3)14-10-11-16(20-4)17(12-14)21-5/h10-12,18H,6-9,13H2,1-5H3. The second-order valence-electron chi connectivity index (χ2n) is 4.95. The largest absolute Gasteiger partial charge is 0.493 e. The molecular weight excluding hydrogens is 294 g/mol. The monoisotopic (exact) mass is 323 g/mol. The van der Waals surface area contributed by atoms with E-state index in [4.69, 9.17) is 23.9 Å². The van der Waals surface area contributed by atoms with E-state index in [1.807, 2.05) is 32.0 Å². The Labute approximate surface area is 139 Å².